The first-order valence-corrected chi connectivity index (χ1v) is 5.20. The second-order valence-electron chi connectivity index (χ2n) is 4.11. The molecule has 2 N–H and O–H groups in total. The molecule has 0 saturated heterocycles. The van der Waals surface area contributed by atoms with Gasteiger partial charge in [-0.25, -0.2) is 0 Å². The largest absolute Gasteiger partial charge is 0.370 e. The van der Waals surface area contributed by atoms with E-state index in [1.807, 2.05) is 11.9 Å². The summed E-state index contributed by atoms with van der Waals surface area (Å²) in [6, 6.07) is 6.71. The second kappa shape index (κ2) is 3.57. The van der Waals surface area contributed by atoms with Crippen molar-refractivity contribution in [3.05, 3.63) is 34.9 Å². The molecule has 1 aromatic carbocycles. The molecule has 3 heteroatoms. The highest BCUT2D eigenvalue weighted by Gasteiger charge is 2.25. The maximum absolute atomic E-state index is 5.77. The molecule has 2 rings (SSSR count). The van der Waals surface area contributed by atoms with Crippen LogP contribution in [0.1, 0.15) is 22.7 Å². The van der Waals surface area contributed by atoms with Crippen LogP contribution < -0.4 is 5.73 Å². The van der Waals surface area contributed by atoms with Crippen molar-refractivity contribution in [2.24, 2.45) is 10.7 Å². The van der Waals surface area contributed by atoms with Crippen LogP contribution in [0, 0.1) is 13.8 Å². The van der Waals surface area contributed by atoms with E-state index in [9.17, 15) is 0 Å². The lowest BCUT2D eigenvalue weighted by atomic mass is 9.97. The Hall–Kier alpha value is -1.51. The number of aliphatic imine (C=N–C) groups is 1. The van der Waals surface area contributed by atoms with E-state index in [1.165, 1.54) is 16.7 Å². The number of hydrogen-bond acceptors (Lipinski definition) is 3. The average Bonchev–Trinajstić information content (AvgIpc) is 2.53. The van der Waals surface area contributed by atoms with Gasteiger partial charge in [0.05, 0.1) is 12.6 Å². The van der Waals surface area contributed by atoms with E-state index < -0.39 is 0 Å². The van der Waals surface area contributed by atoms with Crippen LogP contribution in [0.3, 0.4) is 0 Å². The van der Waals surface area contributed by atoms with Crippen molar-refractivity contribution in [3.63, 3.8) is 0 Å². The van der Waals surface area contributed by atoms with Crippen LogP contribution in [-0.4, -0.2) is 24.5 Å². The Bertz CT molecular complexity index is 409. The molecule has 1 aromatic rings. The molecule has 0 spiro atoms. The van der Waals surface area contributed by atoms with Gasteiger partial charge in [-0.3, -0.25) is 4.99 Å². The molecule has 80 valence electrons. The molecule has 1 atom stereocenters. The average molecular weight is 203 g/mol. The SMILES string of the molecule is Cc1cccc(C2CN=C(N)N2C)c1C. The van der Waals surface area contributed by atoms with Crippen molar-refractivity contribution in [2.75, 3.05) is 13.6 Å². The molecule has 15 heavy (non-hydrogen) atoms. The fourth-order valence-corrected chi connectivity index (χ4v) is 2.02. The van der Waals surface area contributed by atoms with Gasteiger partial charge in [0.25, 0.3) is 0 Å². The zero-order valence-electron chi connectivity index (χ0n) is 9.49. The van der Waals surface area contributed by atoms with Gasteiger partial charge in [0.2, 0.25) is 0 Å². The normalized spacial score (nSPS) is 20.6. The zero-order valence-corrected chi connectivity index (χ0v) is 9.49. The van der Waals surface area contributed by atoms with Crippen LogP contribution in [0.2, 0.25) is 0 Å². The summed E-state index contributed by atoms with van der Waals surface area (Å²) in [6.45, 7) is 5.07. The number of benzene rings is 1. The van der Waals surface area contributed by atoms with Gasteiger partial charge in [-0.15, -0.1) is 0 Å². The summed E-state index contributed by atoms with van der Waals surface area (Å²) in [7, 11) is 2.00. The minimum Gasteiger partial charge on any atom is -0.370 e. The summed E-state index contributed by atoms with van der Waals surface area (Å²) >= 11 is 0. The third kappa shape index (κ3) is 1.58. The summed E-state index contributed by atoms with van der Waals surface area (Å²) in [5.41, 5.74) is 9.78. The molecule has 0 amide bonds. The molecule has 0 saturated carbocycles. The number of aryl methyl sites for hydroxylation is 1. The lowest BCUT2D eigenvalue weighted by Gasteiger charge is -2.23. The van der Waals surface area contributed by atoms with Gasteiger partial charge in [0.1, 0.15) is 0 Å². The van der Waals surface area contributed by atoms with Crippen molar-refractivity contribution >= 4 is 5.96 Å². The van der Waals surface area contributed by atoms with Crippen LogP contribution in [-0.2, 0) is 0 Å². The van der Waals surface area contributed by atoms with Crippen molar-refractivity contribution in [1.29, 1.82) is 0 Å². The van der Waals surface area contributed by atoms with E-state index in [-0.39, 0.29) is 0 Å². The van der Waals surface area contributed by atoms with E-state index in [0.717, 1.165) is 6.54 Å². The Balaban J connectivity index is 2.36. The molecule has 0 radical (unpaired) electrons. The minimum absolute atomic E-state index is 0.310. The second-order valence-corrected chi connectivity index (χ2v) is 4.11. The van der Waals surface area contributed by atoms with Crippen LogP contribution in [0.15, 0.2) is 23.2 Å². The molecule has 1 aliphatic heterocycles. The molecule has 1 heterocycles. The molecule has 1 unspecified atom stereocenters. The lowest BCUT2D eigenvalue weighted by molar-refractivity contribution is 0.412. The Labute approximate surface area is 90.6 Å². The Morgan fingerprint density at radius 1 is 1.40 bits per heavy atom. The summed E-state index contributed by atoms with van der Waals surface area (Å²) < 4.78 is 0. The van der Waals surface area contributed by atoms with E-state index in [1.54, 1.807) is 0 Å². The van der Waals surface area contributed by atoms with Gasteiger partial charge in [0, 0.05) is 7.05 Å². The van der Waals surface area contributed by atoms with Crippen LogP contribution >= 0.6 is 0 Å². The smallest absolute Gasteiger partial charge is 0.191 e. The first-order valence-electron chi connectivity index (χ1n) is 5.20. The molecule has 1 aliphatic rings. The number of nitrogens with zero attached hydrogens (tertiary/aromatic N) is 2. The fourth-order valence-electron chi connectivity index (χ4n) is 2.02. The van der Waals surface area contributed by atoms with Crippen molar-refractivity contribution < 1.29 is 0 Å². The lowest BCUT2D eigenvalue weighted by Crippen LogP contribution is -2.32. The quantitative estimate of drug-likeness (QED) is 0.753. The molecule has 3 nitrogen and oxygen atoms in total. The van der Waals surface area contributed by atoms with Gasteiger partial charge in [0.15, 0.2) is 5.96 Å². The van der Waals surface area contributed by atoms with Crippen LogP contribution in [0.25, 0.3) is 0 Å². The van der Waals surface area contributed by atoms with E-state index in [0.29, 0.717) is 12.0 Å². The Morgan fingerprint density at radius 3 is 2.73 bits per heavy atom. The van der Waals surface area contributed by atoms with E-state index >= 15 is 0 Å². The van der Waals surface area contributed by atoms with Crippen LogP contribution in [0.4, 0.5) is 0 Å². The highest BCUT2D eigenvalue weighted by Crippen LogP contribution is 2.27. The highest BCUT2D eigenvalue weighted by molar-refractivity contribution is 5.80. The third-order valence-corrected chi connectivity index (χ3v) is 3.26. The van der Waals surface area contributed by atoms with Gasteiger partial charge in [-0.05, 0) is 30.5 Å². The predicted octanol–water partition coefficient (Wildman–Crippen LogP) is 1.60. The first-order chi connectivity index (χ1) is 7.11. The standard InChI is InChI=1S/C12H17N3/c1-8-5-4-6-10(9(8)2)11-7-14-12(13)15(11)3/h4-6,11H,7H2,1-3H3,(H2,13,14). The third-order valence-electron chi connectivity index (χ3n) is 3.26. The van der Waals surface area contributed by atoms with Gasteiger partial charge < -0.3 is 10.6 Å². The minimum atomic E-state index is 0.310. The summed E-state index contributed by atoms with van der Waals surface area (Å²) in [5, 5.41) is 0. The first kappa shape index (κ1) is 10.0. The number of nitrogens with two attached hydrogens (primary N) is 1. The van der Waals surface area contributed by atoms with Gasteiger partial charge in [-0.2, -0.15) is 0 Å². The summed E-state index contributed by atoms with van der Waals surface area (Å²) in [4.78, 5) is 6.31. The molecule has 0 fully saturated rings. The maximum atomic E-state index is 5.77. The number of rotatable bonds is 1. The summed E-state index contributed by atoms with van der Waals surface area (Å²) in [5.74, 6) is 0.640. The van der Waals surface area contributed by atoms with Gasteiger partial charge >= 0.3 is 0 Å². The number of guanidine groups is 1. The van der Waals surface area contributed by atoms with Crippen molar-refractivity contribution in [1.82, 2.24) is 4.90 Å². The molecular weight excluding hydrogens is 186 g/mol. The fraction of sp³-hybridized carbons (Fsp3) is 0.417. The molecule has 0 aromatic heterocycles. The van der Waals surface area contributed by atoms with E-state index in [4.69, 9.17) is 5.73 Å². The topological polar surface area (TPSA) is 41.6 Å². The molecule has 0 aliphatic carbocycles. The molecular formula is C12H17N3. The Kier molecular flexibility index (Phi) is 2.39. The predicted molar refractivity (Wildman–Crippen MR) is 62.9 cm³/mol. The number of hydrogen-bond donors (Lipinski definition) is 1. The van der Waals surface area contributed by atoms with Crippen molar-refractivity contribution in [2.45, 2.75) is 19.9 Å². The van der Waals surface area contributed by atoms with Crippen LogP contribution in [0.5, 0.6) is 0 Å². The monoisotopic (exact) mass is 203 g/mol. The Morgan fingerprint density at radius 2 is 2.13 bits per heavy atom. The van der Waals surface area contributed by atoms with E-state index in [2.05, 4.69) is 37.0 Å². The number of likely N-dealkylation sites (N-methyl/N-ethyl adjacent to an activating group) is 1. The maximum Gasteiger partial charge on any atom is 0.191 e. The molecule has 0 bridgehead atoms. The summed E-state index contributed by atoms with van der Waals surface area (Å²) in [6.07, 6.45) is 0. The highest BCUT2D eigenvalue weighted by atomic mass is 15.3. The zero-order chi connectivity index (χ0) is 11.0. The van der Waals surface area contributed by atoms with Gasteiger partial charge in [-0.1, -0.05) is 18.2 Å². The van der Waals surface area contributed by atoms with Crippen molar-refractivity contribution in [3.8, 4) is 0 Å².